The molecule has 0 saturated heterocycles. The van der Waals surface area contributed by atoms with Gasteiger partial charge in [-0.3, -0.25) is 32.5 Å². The van der Waals surface area contributed by atoms with Gasteiger partial charge in [-0.25, -0.2) is 9.13 Å². The van der Waals surface area contributed by atoms with Crippen molar-refractivity contribution in [2.45, 2.75) is 309 Å². The maximum atomic E-state index is 13.0. The van der Waals surface area contributed by atoms with Crippen LogP contribution < -0.4 is 0 Å². The number of phosphoric acid groups is 2. The van der Waals surface area contributed by atoms with E-state index in [4.69, 9.17) is 32.3 Å². The van der Waals surface area contributed by atoms with Crippen LogP contribution in [0, 0.1) is 0 Å². The third-order valence-corrected chi connectivity index (χ3v) is 17.8. The Balaban J connectivity index is 4.72. The molecule has 0 amide bonds. The SMILES string of the molecule is CC/C=C\C/C=C\C/C=C\C/C=C\C/C=C\CCCCCCCCCC(=O)OCC(COP(=O)(O)OCC(O)COP(=O)(O)OCC(O)COC(=O)CCCCCCCCCCC/C=C\C/C=C\C/C=C\C/C=C\CCCCC)OC(=O)CCCCC/C=C\C/C=C\C/C=C\C/C=C\C/C=C\CC. The van der Waals surface area contributed by atoms with E-state index in [-0.39, 0.29) is 19.3 Å². The Morgan fingerprint density at radius 1 is 0.282 bits per heavy atom. The number of aliphatic hydroxyl groups excluding tert-OH is 2. The van der Waals surface area contributed by atoms with Crippen molar-refractivity contribution >= 4 is 33.6 Å². The first-order valence-corrected chi connectivity index (χ1v) is 42.4. The van der Waals surface area contributed by atoms with Crippen LogP contribution in [-0.2, 0) is 55.8 Å². The van der Waals surface area contributed by atoms with Gasteiger partial charge in [-0.05, 0) is 154 Å². The Kier molecular flexibility index (Phi) is 72.8. The van der Waals surface area contributed by atoms with Crippen LogP contribution in [0.1, 0.15) is 290 Å². The molecule has 0 radical (unpaired) electrons. The third-order valence-electron chi connectivity index (χ3n) is 15.9. The highest BCUT2D eigenvalue weighted by Gasteiger charge is 2.29. The Labute approximate surface area is 624 Å². The van der Waals surface area contributed by atoms with Crippen LogP contribution >= 0.6 is 15.6 Å². The lowest BCUT2D eigenvalue weighted by Crippen LogP contribution is -2.30. The van der Waals surface area contributed by atoms with Gasteiger partial charge < -0.3 is 34.2 Å². The zero-order valence-electron chi connectivity index (χ0n) is 63.9. The quantitative estimate of drug-likeness (QED) is 0.0146. The van der Waals surface area contributed by atoms with Crippen molar-refractivity contribution in [3.8, 4) is 0 Å². The van der Waals surface area contributed by atoms with Gasteiger partial charge in [-0.1, -0.05) is 287 Å². The van der Waals surface area contributed by atoms with Gasteiger partial charge in [0.2, 0.25) is 0 Å². The van der Waals surface area contributed by atoms with E-state index in [1.54, 1.807) is 0 Å². The lowest BCUT2D eigenvalue weighted by molar-refractivity contribution is -0.161. The molecule has 5 atom stereocenters. The second kappa shape index (κ2) is 76.6. The molecule has 586 valence electrons. The number of rotatable bonds is 73. The molecule has 4 N–H and O–H groups in total. The van der Waals surface area contributed by atoms with Crippen LogP contribution in [0.25, 0.3) is 0 Å². The maximum absolute atomic E-state index is 13.0. The van der Waals surface area contributed by atoms with E-state index in [0.29, 0.717) is 19.3 Å². The number of ether oxygens (including phenoxy) is 3. The second-order valence-electron chi connectivity index (χ2n) is 25.7. The molecule has 0 spiro atoms. The van der Waals surface area contributed by atoms with Crippen molar-refractivity contribution in [1.82, 2.24) is 0 Å². The molecule has 0 aliphatic heterocycles. The number of phosphoric ester groups is 2. The minimum Gasteiger partial charge on any atom is -0.463 e. The molecule has 0 heterocycles. The molecule has 0 fully saturated rings. The highest BCUT2D eigenvalue weighted by atomic mass is 31.2. The van der Waals surface area contributed by atoms with Crippen LogP contribution in [0.5, 0.6) is 0 Å². The summed E-state index contributed by atoms with van der Waals surface area (Å²) in [6.07, 6.45) is 96.7. The monoisotopic (exact) mass is 1480 g/mol. The van der Waals surface area contributed by atoms with Gasteiger partial charge in [-0.2, -0.15) is 0 Å². The Morgan fingerprint density at radius 3 is 0.825 bits per heavy atom. The summed E-state index contributed by atoms with van der Waals surface area (Å²) in [5.41, 5.74) is 0. The normalized spacial score (nSPS) is 14.9. The summed E-state index contributed by atoms with van der Waals surface area (Å²) in [6.45, 7) is 2.36. The zero-order valence-corrected chi connectivity index (χ0v) is 65.7. The van der Waals surface area contributed by atoms with E-state index >= 15 is 0 Å². The Hall–Kier alpha value is -5.09. The van der Waals surface area contributed by atoms with Crippen molar-refractivity contribution in [1.29, 1.82) is 0 Å². The standard InChI is InChI=1S/C85H140O16P2/c1-4-7-10-13-16-19-22-25-28-31-34-36-38-39-41-43-45-47-50-53-56-59-62-65-68-71-83(88)95-74-80(86)75-97-102(91,92)98-76-81(87)77-99-103(93,94)100-79-82(101-85(90)73-70-67-64-61-58-55-52-49-44-33-30-27-24-21-18-15-12-9-6-3)78-96-84(89)72-69-66-63-60-57-54-51-48-46-42-40-37-35-32-29-26-23-20-17-14-11-8-5-2/h8-9,11-12,16-21,25-30,34-37,39,41-42,44,46,49,55,58,80-82,86-87H,4-7,10,13-15,22-24,31-33,38,40,43,45,47-48,50-54,56-57,59-79H2,1-3H3,(H,91,92)(H,93,94)/b11-8-,12-9-,19-16-,20-17-,21-18-,28-25-,29-26-,30-27-,36-34-,37-35-,41-39-,46-42-,49-44-,58-55-. The summed E-state index contributed by atoms with van der Waals surface area (Å²) < 4.78 is 61.1. The van der Waals surface area contributed by atoms with Gasteiger partial charge in [0.1, 0.15) is 25.4 Å². The molecule has 18 heteroatoms. The first-order chi connectivity index (χ1) is 50.2. The number of unbranched alkanes of at least 4 members (excludes halogenated alkanes) is 22. The summed E-state index contributed by atoms with van der Waals surface area (Å²) >= 11 is 0. The molecule has 0 aromatic heterocycles. The van der Waals surface area contributed by atoms with Crippen LogP contribution in [0.3, 0.4) is 0 Å². The van der Waals surface area contributed by atoms with Gasteiger partial charge >= 0.3 is 33.6 Å². The predicted octanol–water partition coefficient (Wildman–Crippen LogP) is 23.2. The number of carbonyl (C=O) groups excluding carboxylic acids is 3. The molecule has 0 bridgehead atoms. The third kappa shape index (κ3) is 77.8. The van der Waals surface area contributed by atoms with E-state index < -0.39 is 91.5 Å². The molecule has 0 aromatic rings. The summed E-state index contributed by atoms with van der Waals surface area (Å²) in [7, 11) is -9.82. The zero-order chi connectivity index (χ0) is 75.2. The van der Waals surface area contributed by atoms with E-state index in [0.717, 1.165) is 180 Å². The van der Waals surface area contributed by atoms with Crippen LogP contribution in [0.4, 0.5) is 0 Å². The summed E-state index contributed by atoms with van der Waals surface area (Å²) in [4.78, 5) is 58.7. The fraction of sp³-hybridized carbons (Fsp3) is 0.635. The van der Waals surface area contributed by atoms with Crippen molar-refractivity contribution < 1.29 is 75.8 Å². The first-order valence-electron chi connectivity index (χ1n) is 39.4. The molecule has 5 unspecified atom stereocenters. The average molecular weight is 1480 g/mol. The van der Waals surface area contributed by atoms with Gasteiger partial charge in [-0.15, -0.1) is 0 Å². The second-order valence-corrected chi connectivity index (χ2v) is 28.7. The van der Waals surface area contributed by atoms with Crippen LogP contribution in [0.15, 0.2) is 170 Å². The summed E-state index contributed by atoms with van der Waals surface area (Å²) in [6, 6.07) is 0. The summed E-state index contributed by atoms with van der Waals surface area (Å²) in [5.74, 6) is -1.64. The van der Waals surface area contributed by atoms with E-state index in [1.165, 1.54) is 51.4 Å². The minimum absolute atomic E-state index is 0.0559. The lowest BCUT2D eigenvalue weighted by Gasteiger charge is -2.21. The average Bonchev–Trinajstić information content (AvgIpc) is 0.939. The first kappa shape index (κ1) is 97.9. The van der Waals surface area contributed by atoms with E-state index in [1.807, 2.05) is 0 Å². The lowest BCUT2D eigenvalue weighted by atomic mass is 10.1. The van der Waals surface area contributed by atoms with Crippen LogP contribution in [0.2, 0.25) is 0 Å². The largest absolute Gasteiger partial charge is 0.472 e. The van der Waals surface area contributed by atoms with Crippen LogP contribution in [-0.4, -0.2) is 95.9 Å². The molecule has 0 saturated carbocycles. The van der Waals surface area contributed by atoms with Crippen molar-refractivity contribution in [2.24, 2.45) is 0 Å². The van der Waals surface area contributed by atoms with Crippen molar-refractivity contribution in [3.63, 3.8) is 0 Å². The highest BCUT2D eigenvalue weighted by molar-refractivity contribution is 7.47. The molecule has 16 nitrogen and oxygen atoms in total. The number of aliphatic hydroxyl groups is 2. The Bertz CT molecular complexity index is 2550. The molecule has 103 heavy (non-hydrogen) atoms. The number of hydrogen-bond donors (Lipinski definition) is 4. The van der Waals surface area contributed by atoms with E-state index in [9.17, 15) is 43.5 Å². The van der Waals surface area contributed by atoms with Crippen molar-refractivity contribution in [3.05, 3.63) is 170 Å². The van der Waals surface area contributed by atoms with Gasteiger partial charge in [0.25, 0.3) is 0 Å². The fourth-order valence-electron chi connectivity index (χ4n) is 9.96. The van der Waals surface area contributed by atoms with Gasteiger partial charge in [0, 0.05) is 19.3 Å². The van der Waals surface area contributed by atoms with Gasteiger partial charge in [0.15, 0.2) is 6.10 Å². The molecular formula is C85H140O16P2. The van der Waals surface area contributed by atoms with Crippen molar-refractivity contribution in [2.75, 3.05) is 39.6 Å². The highest BCUT2D eigenvalue weighted by Crippen LogP contribution is 2.45. The number of carbonyl (C=O) groups is 3. The minimum atomic E-state index is -4.95. The smallest absolute Gasteiger partial charge is 0.463 e. The Morgan fingerprint density at radius 2 is 0.515 bits per heavy atom. The topological polar surface area (TPSA) is 231 Å². The molecule has 0 aliphatic rings. The number of hydrogen-bond acceptors (Lipinski definition) is 14. The molecular weight excluding hydrogens is 1340 g/mol. The summed E-state index contributed by atoms with van der Waals surface area (Å²) in [5, 5.41) is 20.6. The molecule has 0 aromatic carbocycles. The number of esters is 3. The number of allylic oxidation sites excluding steroid dienone is 28. The predicted molar refractivity (Wildman–Crippen MR) is 426 cm³/mol. The van der Waals surface area contributed by atoms with Gasteiger partial charge in [0.05, 0.1) is 26.4 Å². The molecule has 0 aliphatic carbocycles. The fourth-order valence-corrected chi connectivity index (χ4v) is 11.5. The van der Waals surface area contributed by atoms with E-state index in [2.05, 4.69) is 191 Å². The maximum Gasteiger partial charge on any atom is 0.472 e. The molecule has 0 rings (SSSR count).